The number of amides is 1. The van der Waals surface area contributed by atoms with Crippen LogP contribution in [0, 0.1) is 0 Å². The maximum atomic E-state index is 11.4. The van der Waals surface area contributed by atoms with Crippen molar-refractivity contribution < 1.29 is 4.79 Å². The number of carbonyl (C=O) groups excluding carboxylic acids is 1. The number of rotatable bonds is 7. The predicted molar refractivity (Wildman–Crippen MR) is 78.5 cm³/mol. The fourth-order valence-corrected chi connectivity index (χ4v) is 2.32. The van der Waals surface area contributed by atoms with E-state index in [1.54, 1.807) is 0 Å². The first-order chi connectivity index (χ1) is 8.65. The van der Waals surface area contributed by atoms with Crippen LogP contribution >= 0.6 is 15.9 Å². The zero-order valence-electron chi connectivity index (χ0n) is 11.0. The number of hydrogen-bond acceptors (Lipinski definition) is 2. The average molecular weight is 313 g/mol. The van der Waals surface area contributed by atoms with E-state index < -0.39 is 0 Å². The van der Waals surface area contributed by atoms with Gasteiger partial charge in [-0.25, -0.2) is 0 Å². The minimum atomic E-state index is 0.115. The maximum absolute atomic E-state index is 11.4. The van der Waals surface area contributed by atoms with Gasteiger partial charge in [-0.3, -0.25) is 4.79 Å². The molecule has 1 aromatic rings. The molecule has 0 radical (unpaired) electrons. The van der Waals surface area contributed by atoms with Crippen LogP contribution in [-0.4, -0.2) is 19.0 Å². The van der Waals surface area contributed by atoms with Crippen LogP contribution < -0.4 is 10.6 Å². The molecule has 1 rings (SSSR count). The summed E-state index contributed by atoms with van der Waals surface area (Å²) in [5, 5.41) is 6.23. The molecule has 0 saturated heterocycles. The summed E-state index contributed by atoms with van der Waals surface area (Å²) in [5.74, 6) is 0.115. The first kappa shape index (κ1) is 15.2. The number of benzene rings is 1. The third-order valence-corrected chi connectivity index (χ3v) is 3.47. The number of hydrogen-bond donors (Lipinski definition) is 2. The molecule has 1 amide bonds. The van der Waals surface area contributed by atoms with E-state index in [1.807, 2.05) is 25.1 Å². The van der Waals surface area contributed by atoms with Gasteiger partial charge in [0.1, 0.15) is 0 Å². The highest BCUT2D eigenvalue weighted by Crippen LogP contribution is 2.22. The van der Waals surface area contributed by atoms with Crippen LogP contribution in [0.15, 0.2) is 28.7 Å². The second-order valence-electron chi connectivity index (χ2n) is 4.30. The molecule has 0 spiro atoms. The van der Waals surface area contributed by atoms with Gasteiger partial charge < -0.3 is 10.6 Å². The summed E-state index contributed by atoms with van der Waals surface area (Å²) in [6, 6.07) is 8.37. The van der Waals surface area contributed by atoms with Gasteiger partial charge in [0.25, 0.3) is 0 Å². The molecule has 0 aromatic heterocycles. The molecule has 1 atom stereocenters. The monoisotopic (exact) mass is 312 g/mol. The Hall–Kier alpha value is -0.870. The molecule has 0 aliphatic rings. The number of nitrogens with one attached hydrogen (secondary N) is 2. The highest BCUT2D eigenvalue weighted by molar-refractivity contribution is 9.10. The molecule has 0 heterocycles. The normalized spacial score (nSPS) is 12.2. The Bertz CT molecular complexity index is 382. The lowest BCUT2D eigenvalue weighted by Gasteiger charge is -2.15. The second-order valence-corrected chi connectivity index (χ2v) is 5.15. The minimum absolute atomic E-state index is 0.115. The molecule has 2 N–H and O–H groups in total. The van der Waals surface area contributed by atoms with Gasteiger partial charge in [-0.15, -0.1) is 0 Å². The Morgan fingerprint density at radius 3 is 2.72 bits per heavy atom. The molecule has 3 nitrogen and oxygen atoms in total. The van der Waals surface area contributed by atoms with E-state index in [0.717, 1.165) is 17.4 Å². The summed E-state index contributed by atoms with van der Waals surface area (Å²) in [6.45, 7) is 5.61. The van der Waals surface area contributed by atoms with Crippen LogP contribution in [0.3, 0.4) is 0 Å². The first-order valence-corrected chi connectivity index (χ1v) is 7.19. The van der Waals surface area contributed by atoms with Crippen LogP contribution in [-0.2, 0) is 4.79 Å². The summed E-state index contributed by atoms with van der Waals surface area (Å²) in [5.41, 5.74) is 1.21. The van der Waals surface area contributed by atoms with E-state index in [4.69, 9.17) is 0 Å². The minimum Gasteiger partial charge on any atom is -0.356 e. The molecule has 1 aromatic carbocycles. The van der Waals surface area contributed by atoms with Gasteiger partial charge in [-0.2, -0.15) is 0 Å². The third kappa shape index (κ3) is 5.19. The second kappa shape index (κ2) is 8.27. The Kier molecular flexibility index (Phi) is 6.98. The topological polar surface area (TPSA) is 41.1 Å². The molecule has 0 aliphatic carbocycles. The summed E-state index contributed by atoms with van der Waals surface area (Å²) < 4.78 is 1.10. The van der Waals surface area contributed by atoms with Gasteiger partial charge in [0.15, 0.2) is 0 Å². The van der Waals surface area contributed by atoms with E-state index >= 15 is 0 Å². The van der Waals surface area contributed by atoms with E-state index in [0.29, 0.717) is 13.0 Å². The molecular formula is C14H21BrN2O. The lowest BCUT2D eigenvalue weighted by Crippen LogP contribution is -2.29. The number of carbonyl (C=O) groups is 1. The largest absolute Gasteiger partial charge is 0.356 e. The van der Waals surface area contributed by atoms with Crippen molar-refractivity contribution in [2.24, 2.45) is 0 Å². The highest BCUT2D eigenvalue weighted by atomic mass is 79.9. The standard InChI is InChI=1S/C14H21BrN2O/c1-3-9-17-14(18)8-10-16-11(2)12-6-4-5-7-13(12)15/h4-7,11,16H,3,8-10H2,1-2H3,(H,17,18). The smallest absolute Gasteiger partial charge is 0.221 e. The Balaban J connectivity index is 2.31. The molecular weight excluding hydrogens is 292 g/mol. The van der Waals surface area contributed by atoms with Crippen molar-refractivity contribution in [3.8, 4) is 0 Å². The van der Waals surface area contributed by atoms with Crippen LogP contribution in [0.4, 0.5) is 0 Å². The summed E-state index contributed by atoms with van der Waals surface area (Å²) in [6.07, 6.45) is 1.50. The fraction of sp³-hybridized carbons (Fsp3) is 0.500. The maximum Gasteiger partial charge on any atom is 0.221 e. The van der Waals surface area contributed by atoms with Crippen LogP contribution in [0.25, 0.3) is 0 Å². The lowest BCUT2D eigenvalue weighted by molar-refractivity contribution is -0.121. The zero-order chi connectivity index (χ0) is 13.4. The van der Waals surface area contributed by atoms with Gasteiger partial charge in [-0.1, -0.05) is 41.1 Å². The quantitative estimate of drug-likeness (QED) is 0.812. The molecule has 0 aliphatic heterocycles. The van der Waals surface area contributed by atoms with Crippen molar-refractivity contribution in [3.63, 3.8) is 0 Å². The first-order valence-electron chi connectivity index (χ1n) is 6.39. The Morgan fingerprint density at radius 1 is 1.33 bits per heavy atom. The summed E-state index contributed by atoms with van der Waals surface area (Å²) >= 11 is 3.53. The van der Waals surface area contributed by atoms with Gasteiger partial charge >= 0.3 is 0 Å². The molecule has 100 valence electrons. The van der Waals surface area contributed by atoms with Crippen molar-refractivity contribution in [1.82, 2.24) is 10.6 Å². The highest BCUT2D eigenvalue weighted by Gasteiger charge is 2.08. The van der Waals surface area contributed by atoms with Crippen LogP contribution in [0.1, 0.15) is 38.3 Å². The van der Waals surface area contributed by atoms with Crippen molar-refractivity contribution in [2.75, 3.05) is 13.1 Å². The van der Waals surface area contributed by atoms with Crippen molar-refractivity contribution in [3.05, 3.63) is 34.3 Å². The molecule has 0 fully saturated rings. The predicted octanol–water partition coefficient (Wildman–Crippen LogP) is 3.02. The van der Waals surface area contributed by atoms with Crippen molar-refractivity contribution in [2.45, 2.75) is 32.7 Å². The Morgan fingerprint density at radius 2 is 2.06 bits per heavy atom. The van der Waals surface area contributed by atoms with Gasteiger partial charge in [0.2, 0.25) is 5.91 Å². The molecule has 0 bridgehead atoms. The molecule has 0 saturated carbocycles. The summed E-state index contributed by atoms with van der Waals surface area (Å²) in [7, 11) is 0. The zero-order valence-corrected chi connectivity index (χ0v) is 12.6. The van der Waals surface area contributed by atoms with Crippen molar-refractivity contribution in [1.29, 1.82) is 0 Å². The van der Waals surface area contributed by atoms with Gasteiger partial charge in [0.05, 0.1) is 0 Å². The van der Waals surface area contributed by atoms with Crippen LogP contribution in [0.2, 0.25) is 0 Å². The molecule has 4 heteroatoms. The summed E-state index contributed by atoms with van der Waals surface area (Å²) in [4.78, 5) is 11.4. The van der Waals surface area contributed by atoms with Crippen LogP contribution in [0.5, 0.6) is 0 Å². The SMILES string of the molecule is CCCNC(=O)CCNC(C)c1ccccc1Br. The van der Waals surface area contributed by atoms with E-state index in [2.05, 4.69) is 39.6 Å². The third-order valence-electron chi connectivity index (χ3n) is 2.75. The lowest BCUT2D eigenvalue weighted by atomic mass is 10.1. The molecule has 1 unspecified atom stereocenters. The average Bonchev–Trinajstić information content (AvgIpc) is 2.36. The van der Waals surface area contributed by atoms with Crippen molar-refractivity contribution >= 4 is 21.8 Å². The van der Waals surface area contributed by atoms with E-state index in [1.165, 1.54) is 5.56 Å². The number of halogens is 1. The Labute approximate surface area is 117 Å². The fourth-order valence-electron chi connectivity index (χ4n) is 1.69. The van der Waals surface area contributed by atoms with E-state index in [9.17, 15) is 4.79 Å². The van der Waals surface area contributed by atoms with Gasteiger partial charge in [0, 0.05) is 30.0 Å². The van der Waals surface area contributed by atoms with E-state index in [-0.39, 0.29) is 11.9 Å². The molecule has 18 heavy (non-hydrogen) atoms. The van der Waals surface area contributed by atoms with Gasteiger partial charge in [-0.05, 0) is 25.0 Å².